The van der Waals surface area contributed by atoms with Gasteiger partial charge in [0, 0.05) is 6.04 Å². The Morgan fingerprint density at radius 2 is 2.20 bits per heavy atom. The fourth-order valence-electron chi connectivity index (χ4n) is 1.76. The zero-order chi connectivity index (χ0) is 11.1. The lowest BCUT2D eigenvalue weighted by molar-refractivity contribution is -0.119. The summed E-state index contributed by atoms with van der Waals surface area (Å²) in [5, 5.41) is 3.08. The second-order valence-corrected chi connectivity index (χ2v) is 5.44. The van der Waals surface area contributed by atoms with E-state index in [-0.39, 0.29) is 5.91 Å². The van der Waals surface area contributed by atoms with E-state index in [4.69, 9.17) is 5.73 Å². The third-order valence-electron chi connectivity index (χ3n) is 2.76. The van der Waals surface area contributed by atoms with E-state index in [1.807, 2.05) is 0 Å². The molecule has 0 saturated heterocycles. The molecular formula is C11H22N2OS. The maximum Gasteiger partial charge on any atom is 0.230 e. The van der Waals surface area contributed by atoms with Gasteiger partial charge in [-0.2, -0.15) is 11.8 Å². The Morgan fingerprint density at radius 1 is 1.53 bits per heavy atom. The second kappa shape index (κ2) is 7.12. The molecule has 0 radical (unpaired) electrons. The minimum absolute atomic E-state index is 0.191. The van der Waals surface area contributed by atoms with Gasteiger partial charge in [0.2, 0.25) is 5.91 Å². The number of amides is 1. The maximum absolute atomic E-state index is 11.5. The maximum atomic E-state index is 11.5. The normalized spacial score (nSPS) is 19.1. The summed E-state index contributed by atoms with van der Waals surface area (Å²) in [6.07, 6.45) is 4.86. The Bertz CT molecular complexity index is 193. The van der Waals surface area contributed by atoms with Crippen LogP contribution in [0.1, 0.15) is 32.6 Å². The van der Waals surface area contributed by atoms with Crippen molar-refractivity contribution < 1.29 is 4.79 Å². The van der Waals surface area contributed by atoms with Crippen molar-refractivity contribution in [3.8, 4) is 0 Å². The van der Waals surface area contributed by atoms with E-state index in [1.54, 1.807) is 11.8 Å². The number of nitrogens with two attached hydrogens (primary N) is 1. The van der Waals surface area contributed by atoms with Gasteiger partial charge in [0.1, 0.15) is 0 Å². The molecule has 3 nitrogen and oxygen atoms in total. The summed E-state index contributed by atoms with van der Waals surface area (Å²) >= 11 is 1.69. The number of rotatable bonds is 6. The van der Waals surface area contributed by atoms with Crippen LogP contribution < -0.4 is 11.1 Å². The predicted octanol–water partition coefficient (Wildman–Crippen LogP) is 1.37. The van der Waals surface area contributed by atoms with E-state index in [2.05, 4.69) is 12.2 Å². The van der Waals surface area contributed by atoms with Crippen LogP contribution in [0.4, 0.5) is 0 Å². The van der Waals surface area contributed by atoms with Crippen molar-refractivity contribution in [2.24, 2.45) is 11.7 Å². The van der Waals surface area contributed by atoms with E-state index in [0.29, 0.717) is 24.3 Å². The first-order chi connectivity index (χ1) is 7.22. The minimum Gasteiger partial charge on any atom is -0.353 e. The molecule has 1 rings (SSSR count). The average Bonchev–Trinajstić information content (AvgIpc) is 2.70. The van der Waals surface area contributed by atoms with E-state index in [9.17, 15) is 4.79 Å². The molecule has 0 heterocycles. The summed E-state index contributed by atoms with van der Waals surface area (Å²) < 4.78 is 0. The summed E-state index contributed by atoms with van der Waals surface area (Å²) in [6.45, 7) is 2.82. The van der Waals surface area contributed by atoms with Crippen LogP contribution in [0, 0.1) is 5.92 Å². The van der Waals surface area contributed by atoms with E-state index in [0.717, 1.165) is 18.6 Å². The molecule has 0 aromatic rings. The molecule has 0 aliphatic heterocycles. The number of thioether (sulfide) groups is 1. The van der Waals surface area contributed by atoms with Gasteiger partial charge >= 0.3 is 0 Å². The van der Waals surface area contributed by atoms with E-state index >= 15 is 0 Å². The smallest absolute Gasteiger partial charge is 0.230 e. The van der Waals surface area contributed by atoms with Gasteiger partial charge in [0.25, 0.3) is 0 Å². The van der Waals surface area contributed by atoms with Crippen molar-refractivity contribution in [3.05, 3.63) is 0 Å². The zero-order valence-corrected chi connectivity index (χ0v) is 10.3. The average molecular weight is 230 g/mol. The van der Waals surface area contributed by atoms with Gasteiger partial charge in [0.05, 0.1) is 5.75 Å². The lowest BCUT2D eigenvalue weighted by Crippen LogP contribution is -2.34. The van der Waals surface area contributed by atoms with Gasteiger partial charge in [-0.3, -0.25) is 4.79 Å². The Labute approximate surface area is 96.6 Å². The molecule has 1 unspecified atom stereocenters. The number of hydrogen-bond acceptors (Lipinski definition) is 3. The molecule has 1 amide bonds. The molecule has 0 spiro atoms. The Kier molecular flexibility index (Phi) is 6.10. The first-order valence-corrected chi connectivity index (χ1v) is 6.95. The molecule has 88 valence electrons. The van der Waals surface area contributed by atoms with E-state index < -0.39 is 0 Å². The standard InChI is InChI=1S/C11H22N2OS/c1-9(6-12)7-15-8-11(14)13-10-4-2-3-5-10/h9-10H,2-8,12H2,1H3,(H,13,14). The number of carbonyl (C=O) groups is 1. The van der Waals surface area contributed by atoms with Crippen LogP contribution in [-0.4, -0.2) is 30.0 Å². The lowest BCUT2D eigenvalue weighted by atomic mass is 10.2. The van der Waals surface area contributed by atoms with Gasteiger partial charge in [-0.1, -0.05) is 19.8 Å². The fourth-order valence-corrected chi connectivity index (χ4v) is 2.69. The van der Waals surface area contributed by atoms with Gasteiger partial charge in [-0.15, -0.1) is 0 Å². The Balaban J connectivity index is 2.02. The highest BCUT2D eigenvalue weighted by Gasteiger charge is 2.16. The summed E-state index contributed by atoms with van der Waals surface area (Å²) in [5.74, 6) is 2.26. The summed E-state index contributed by atoms with van der Waals surface area (Å²) in [7, 11) is 0. The van der Waals surface area contributed by atoms with Crippen LogP contribution in [0.15, 0.2) is 0 Å². The zero-order valence-electron chi connectivity index (χ0n) is 9.50. The molecule has 0 aromatic heterocycles. The number of nitrogens with one attached hydrogen (secondary N) is 1. The van der Waals surface area contributed by atoms with Gasteiger partial charge < -0.3 is 11.1 Å². The molecule has 4 heteroatoms. The van der Waals surface area contributed by atoms with Crippen molar-refractivity contribution in [1.29, 1.82) is 0 Å². The molecule has 1 saturated carbocycles. The quantitative estimate of drug-likeness (QED) is 0.724. The SMILES string of the molecule is CC(CN)CSCC(=O)NC1CCCC1. The van der Waals surface area contributed by atoms with Crippen LogP contribution in [0.5, 0.6) is 0 Å². The highest BCUT2D eigenvalue weighted by Crippen LogP contribution is 2.17. The van der Waals surface area contributed by atoms with Crippen molar-refractivity contribution in [1.82, 2.24) is 5.32 Å². The number of carbonyl (C=O) groups excluding carboxylic acids is 1. The molecular weight excluding hydrogens is 208 g/mol. The van der Waals surface area contributed by atoms with Crippen molar-refractivity contribution in [2.45, 2.75) is 38.6 Å². The molecule has 0 bridgehead atoms. The Hall–Kier alpha value is -0.220. The monoisotopic (exact) mass is 230 g/mol. The molecule has 0 aromatic carbocycles. The van der Waals surface area contributed by atoms with Crippen LogP contribution >= 0.6 is 11.8 Å². The van der Waals surface area contributed by atoms with Crippen molar-refractivity contribution in [2.75, 3.05) is 18.1 Å². The molecule has 1 aliphatic rings. The largest absolute Gasteiger partial charge is 0.353 e. The highest BCUT2D eigenvalue weighted by atomic mass is 32.2. The summed E-state index contributed by atoms with van der Waals surface area (Å²) in [5.41, 5.74) is 5.51. The molecule has 3 N–H and O–H groups in total. The lowest BCUT2D eigenvalue weighted by Gasteiger charge is -2.12. The van der Waals surface area contributed by atoms with Crippen LogP contribution in [0.25, 0.3) is 0 Å². The van der Waals surface area contributed by atoms with Gasteiger partial charge in [-0.05, 0) is 31.1 Å². The molecule has 1 fully saturated rings. The first-order valence-electron chi connectivity index (χ1n) is 5.79. The first kappa shape index (κ1) is 12.8. The van der Waals surface area contributed by atoms with Crippen LogP contribution in [-0.2, 0) is 4.79 Å². The van der Waals surface area contributed by atoms with Gasteiger partial charge in [-0.25, -0.2) is 0 Å². The number of hydrogen-bond donors (Lipinski definition) is 2. The molecule has 15 heavy (non-hydrogen) atoms. The van der Waals surface area contributed by atoms with E-state index in [1.165, 1.54) is 12.8 Å². The molecule has 1 aliphatic carbocycles. The summed E-state index contributed by atoms with van der Waals surface area (Å²) in [6, 6.07) is 0.449. The Morgan fingerprint density at radius 3 is 2.80 bits per heavy atom. The van der Waals surface area contributed by atoms with Crippen LogP contribution in [0.2, 0.25) is 0 Å². The second-order valence-electron chi connectivity index (χ2n) is 4.40. The summed E-state index contributed by atoms with van der Waals surface area (Å²) in [4.78, 5) is 11.5. The highest BCUT2D eigenvalue weighted by molar-refractivity contribution is 7.99. The molecule has 1 atom stereocenters. The van der Waals surface area contributed by atoms with Gasteiger partial charge in [0.15, 0.2) is 0 Å². The van der Waals surface area contributed by atoms with Crippen molar-refractivity contribution >= 4 is 17.7 Å². The fraction of sp³-hybridized carbons (Fsp3) is 0.909. The third-order valence-corrected chi connectivity index (χ3v) is 4.03. The van der Waals surface area contributed by atoms with Crippen LogP contribution in [0.3, 0.4) is 0 Å². The van der Waals surface area contributed by atoms with Crippen molar-refractivity contribution in [3.63, 3.8) is 0 Å². The third kappa shape index (κ3) is 5.42. The minimum atomic E-state index is 0.191. The predicted molar refractivity (Wildman–Crippen MR) is 65.9 cm³/mol. The topological polar surface area (TPSA) is 55.1 Å².